The number of nitrogens with zero attached hydrogens (tertiary/aromatic N) is 3. The van der Waals surface area contributed by atoms with Gasteiger partial charge in [0.15, 0.2) is 11.8 Å². The highest BCUT2D eigenvalue weighted by atomic mass is 19.1. The molecular formula is C23H23FN4O2. The molecule has 0 radical (unpaired) electrons. The van der Waals surface area contributed by atoms with Crippen LogP contribution in [0.3, 0.4) is 0 Å². The zero-order chi connectivity index (χ0) is 20.8. The molecule has 0 aliphatic carbocycles. The van der Waals surface area contributed by atoms with Gasteiger partial charge in [0.05, 0.1) is 17.8 Å². The predicted molar refractivity (Wildman–Crippen MR) is 112 cm³/mol. The number of benzene rings is 1. The summed E-state index contributed by atoms with van der Waals surface area (Å²) in [6.07, 6.45) is 5.68. The molecule has 3 N–H and O–H groups in total. The molecule has 6 nitrogen and oxygen atoms in total. The van der Waals surface area contributed by atoms with Crippen LogP contribution in [0.4, 0.5) is 4.39 Å². The van der Waals surface area contributed by atoms with Gasteiger partial charge >= 0.3 is 0 Å². The molecule has 5 rings (SSSR count). The number of aromatic hydroxyl groups is 2. The molecule has 30 heavy (non-hydrogen) atoms. The van der Waals surface area contributed by atoms with Gasteiger partial charge in [-0.25, -0.2) is 4.39 Å². The second-order valence-electron chi connectivity index (χ2n) is 7.78. The lowest BCUT2D eigenvalue weighted by atomic mass is 10.1. The van der Waals surface area contributed by atoms with Crippen LogP contribution in [-0.2, 0) is 7.05 Å². The molecule has 1 fully saturated rings. The summed E-state index contributed by atoms with van der Waals surface area (Å²) >= 11 is 0. The molecule has 0 bridgehead atoms. The van der Waals surface area contributed by atoms with Crippen LogP contribution in [-0.4, -0.2) is 44.3 Å². The van der Waals surface area contributed by atoms with Gasteiger partial charge in [-0.15, -0.1) is 0 Å². The van der Waals surface area contributed by atoms with Gasteiger partial charge in [0, 0.05) is 49.6 Å². The van der Waals surface area contributed by atoms with E-state index in [-0.39, 0.29) is 29.7 Å². The Morgan fingerprint density at radius 1 is 1.13 bits per heavy atom. The van der Waals surface area contributed by atoms with Gasteiger partial charge in [0.2, 0.25) is 0 Å². The van der Waals surface area contributed by atoms with Crippen molar-refractivity contribution in [2.24, 2.45) is 7.05 Å². The maximum atomic E-state index is 13.5. The van der Waals surface area contributed by atoms with Crippen molar-refractivity contribution in [2.45, 2.75) is 12.1 Å². The van der Waals surface area contributed by atoms with E-state index in [4.69, 9.17) is 0 Å². The quantitative estimate of drug-likeness (QED) is 0.622. The fourth-order valence-corrected chi connectivity index (χ4v) is 4.55. The van der Waals surface area contributed by atoms with E-state index >= 15 is 0 Å². The number of pyridine rings is 1. The minimum atomic E-state index is -0.273. The summed E-state index contributed by atoms with van der Waals surface area (Å²) < 4.78 is 14.9. The minimum absolute atomic E-state index is 0.0267. The minimum Gasteiger partial charge on any atom is -0.494 e. The van der Waals surface area contributed by atoms with Crippen LogP contribution in [0, 0.1) is 5.82 Å². The molecule has 0 saturated carbocycles. The van der Waals surface area contributed by atoms with E-state index in [2.05, 4.69) is 15.2 Å². The average Bonchev–Trinajstić information content (AvgIpc) is 3.21. The lowest BCUT2D eigenvalue weighted by Crippen LogP contribution is -2.43. The molecule has 3 aromatic rings. The Hall–Kier alpha value is -3.16. The molecular weight excluding hydrogens is 383 g/mol. The maximum absolute atomic E-state index is 13.5. The highest BCUT2D eigenvalue weighted by Gasteiger charge is 2.44. The van der Waals surface area contributed by atoms with Gasteiger partial charge in [-0.3, -0.25) is 14.5 Å². The van der Waals surface area contributed by atoms with Crippen molar-refractivity contribution in [2.75, 3.05) is 19.6 Å². The Labute approximate surface area is 173 Å². The third-order valence-electron chi connectivity index (χ3n) is 6.07. The molecule has 2 unspecified atom stereocenters. The number of rotatable bonds is 3. The van der Waals surface area contributed by atoms with E-state index in [1.54, 1.807) is 19.3 Å². The highest BCUT2D eigenvalue weighted by molar-refractivity contribution is 5.64. The number of hydrogen-bond donors (Lipinski definition) is 3. The predicted octanol–water partition coefficient (Wildman–Crippen LogP) is 3.35. The first-order valence-corrected chi connectivity index (χ1v) is 10.0. The summed E-state index contributed by atoms with van der Waals surface area (Å²) in [5.41, 5.74) is 3.96. The van der Waals surface area contributed by atoms with E-state index in [1.165, 1.54) is 16.7 Å². The van der Waals surface area contributed by atoms with Crippen molar-refractivity contribution >= 4 is 6.08 Å². The number of fused-ring (bicyclic) bond motifs is 3. The van der Waals surface area contributed by atoms with Crippen molar-refractivity contribution in [1.82, 2.24) is 19.8 Å². The van der Waals surface area contributed by atoms with Gasteiger partial charge in [-0.2, -0.15) is 0 Å². The van der Waals surface area contributed by atoms with Crippen molar-refractivity contribution in [3.8, 4) is 22.9 Å². The van der Waals surface area contributed by atoms with Gasteiger partial charge in [-0.05, 0) is 29.8 Å². The third kappa shape index (κ3) is 2.98. The maximum Gasteiger partial charge on any atom is 0.199 e. The summed E-state index contributed by atoms with van der Waals surface area (Å²) in [6, 6.07) is 10.1. The van der Waals surface area contributed by atoms with Gasteiger partial charge in [-0.1, -0.05) is 24.3 Å². The fourth-order valence-electron chi connectivity index (χ4n) is 4.55. The number of nitrogens with one attached hydrogen (secondary N) is 1. The second-order valence-corrected chi connectivity index (χ2v) is 7.78. The van der Waals surface area contributed by atoms with Crippen LogP contribution in [0.5, 0.6) is 11.8 Å². The first-order chi connectivity index (χ1) is 14.5. The van der Waals surface area contributed by atoms with E-state index in [1.807, 2.05) is 30.4 Å². The molecule has 1 aromatic carbocycles. The number of halogens is 1. The molecule has 2 aromatic heterocycles. The first kappa shape index (κ1) is 18.8. The summed E-state index contributed by atoms with van der Waals surface area (Å²) in [4.78, 5) is 6.78. The summed E-state index contributed by atoms with van der Waals surface area (Å²) in [5.74, 6) is -0.0550. The number of aromatic nitrogens is 2. The molecule has 2 aliphatic rings. The Morgan fingerprint density at radius 2 is 1.97 bits per heavy atom. The molecule has 154 valence electrons. The van der Waals surface area contributed by atoms with Crippen LogP contribution in [0.25, 0.3) is 17.2 Å². The number of piperazine rings is 1. The second kappa shape index (κ2) is 7.27. The normalized spacial score (nSPS) is 21.1. The van der Waals surface area contributed by atoms with Crippen LogP contribution in [0.15, 0.2) is 48.7 Å². The molecule has 7 heteroatoms. The first-order valence-electron chi connectivity index (χ1n) is 10.0. The summed E-state index contributed by atoms with van der Waals surface area (Å²) in [7, 11) is 1.66. The zero-order valence-corrected chi connectivity index (χ0v) is 16.6. The van der Waals surface area contributed by atoms with Gasteiger partial charge in [0.25, 0.3) is 0 Å². The molecule has 4 heterocycles. The summed E-state index contributed by atoms with van der Waals surface area (Å²) in [5, 5.41) is 24.5. The van der Waals surface area contributed by atoms with Gasteiger partial charge < -0.3 is 15.5 Å². The number of hydrogen-bond acceptors (Lipinski definition) is 5. The molecule has 0 spiro atoms. The van der Waals surface area contributed by atoms with Crippen LogP contribution < -0.4 is 5.32 Å². The van der Waals surface area contributed by atoms with Crippen molar-refractivity contribution in [3.05, 3.63) is 71.3 Å². The van der Waals surface area contributed by atoms with E-state index in [9.17, 15) is 14.6 Å². The van der Waals surface area contributed by atoms with E-state index < -0.39 is 0 Å². The standard InChI is InChI=1S/C23H23FN4O2/c1-27-22(29)20-18(28-10-9-25-13-19(28)21(20)23(27)30)8-7-17-6-5-15(12-26-17)14-3-2-4-16(24)11-14/h2-8,11-12,18-19,25,29-30H,9-10,13H2,1H3/b8-7+. The molecule has 1 saturated heterocycles. The van der Waals surface area contributed by atoms with Crippen molar-refractivity contribution < 1.29 is 14.6 Å². The fraction of sp³-hybridized carbons (Fsp3) is 0.261. The molecule has 2 aliphatic heterocycles. The van der Waals surface area contributed by atoms with Crippen molar-refractivity contribution in [3.63, 3.8) is 0 Å². The highest BCUT2D eigenvalue weighted by Crippen LogP contribution is 2.52. The Balaban J connectivity index is 1.44. The summed E-state index contributed by atoms with van der Waals surface area (Å²) in [6.45, 7) is 2.41. The van der Waals surface area contributed by atoms with Gasteiger partial charge in [0.1, 0.15) is 5.82 Å². The van der Waals surface area contributed by atoms with Crippen LogP contribution in [0.2, 0.25) is 0 Å². The topological polar surface area (TPSA) is 73.6 Å². The largest absolute Gasteiger partial charge is 0.494 e. The lowest BCUT2D eigenvalue weighted by molar-refractivity contribution is 0.150. The smallest absolute Gasteiger partial charge is 0.199 e. The Kier molecular flexibility index (Phi) is 4.56. The Morgan fingerprint density at radius 3 is 2.73 bits per heavy atom. The molecule has 0 amide bonds. The van der Waals surface area contributed by atoms with Crippen LogP contribution >= 0.6 is 0 Å². The van der Waals surface area contributed by atoms with E-state index in [0.29, 0.717) is 0 Å². The van der Waals surface area contributed by atoms with Crippen LogP contribution in [0.1, 0.15) is 28.9 Å². The lowest BCUT2D eigenvalue weighted by Gasteiger charge is -2.34. The average molecular weight is 406 g/mol. The van der Waals surface area contributed by atoms with E-state index in [0.717, 1.165) is 47.6 Å². The molecule has 2 atom stereocenters. The third-order valence-corrected chi connectivity index (χ3v) is 6.07. The SMILES string of the molecule is Cn1c(O)c2c(c1O)C1CNCCN1C2/C=C/c1ccc(-c2cccc(F)c2)cn1. The monoisotopic (exact) mass is 406 g/mol. The van der Waals surface area contributed by atoms with Crippen molar-refractivity contribution in [1.29, 1.82) is 0 Å². The Bertz CT molecular complexity index is 1120. The zero-order valence-electron chi connectivity index (χ0n) is 16.6.